The minimum atomic E-state index is -0.822. The highest BCUT2D eigenvalue weighted by Gasteiger charge is 2.34. The third-order valence-corrected chi connectivity index (χ3v) is 10.2. The van der Waals surface area contributed by atoms with Crippen LogP contribution in [0.4, 0.5) is 0 Å². The van der Waals surface area contributed by atoms with E-state index in [0.717, 1.165) is 0 Å². The van der Waals surface area contributed by atoms with Gasteiger partial charge in [0.1, 0.15) is 5.75 Å². The van der Waals surface area contributed by atoms with E-state index in [1.807, 2.05) is 0 Å². The molecule has 0 aliphatic heterocycles. The van der Waals surface area contributed by atoms with Crippen LogP contribution in [0, 0.1) is 0 Å². The van der Waals surface area contributed by atoms with Crippen molar-refractivity contribution in [3.05, 3.63) is 109 Å². The second kappa shape index (κ2) is 11.8. The van der Waals surface area contributed by atoms with Crippen LogP contribution < -0.4 is 0 Å². The van der Waals surface area contributed by atoms with E-state index >= 15 is 0 Å². The van der Waals surface area contributed by atoms with Crippen LogP contribution in [0.15, 0.2) is 114 Å². The molecule has 9 rings (SSSR count). The molecule has 0 fully saturated rings. The molecule has 11 nitrogen and oxygen atoms in total. The van der Waals surface area contributed by atoms with Gasteiger partial charge in [-0.1, -0.05) is 109 Å². The number of furan rings is 1. The van der Waals surface area contributed by atoms with Gasteiger partial charge in [-0.25, -0.2) is 0 Å². The van der Waals surface area contributed by atoms with Gasteiger partial charge in [0.2, 0.25) is 5.75 Å². The lowest BCUT2D eigenvalue weighted by atomic mass is 9.84. The van der Waals surface area contributed by atoms with Crippen molar-refractivity contribution in [1.82, 2.24) is 0 Å². The molecule has 0 amide bonds. The Morgan fingerprint density at radius 2 is 0.564 bits per heavy atom. The van der Waals surface area contributed by atoms with Crippen LogP contribution in [-0.4, -0.2) is 51.1 Å². The third kappa shape index (κ3) is 4.44. The average molecular weight is 733 g/mol. The van der Waals surface area contributed by atoms with Gasteiger partial charge in [-0.2, -0.15) is 0 Å². The van der Waals surface area contributed by atoms with Crippen molar-refractivity contribution in [3.63, 3.8) is 0 Å². The van der Waals surface area contributed by atoms with Gasteiger partial charge in [-0.3, -0.25) is 0 Å². The predicted molar refractivity (Wildman–Crippen MR) is 207 cm³/mol. The van der Waals surface area contributed by atoms with Crippen molar-refractivity contribution in [3.8, 4) is 102 Å². The summed E-state index contributed by atoms with van der Waals surface area (Å²) in [5, 5.41) is 115. The van der Waals surface area contributed by atoms with E-state index in [0.29, 0.717) is 32.7 Å². The highest BCUT2D eigenvalue weighted by Crippen LogP contribution is 2.62. The van der Waals surface area contributed by atoms with Gasteiger partial charge < -0.3 is 55.5 Å². The van der Waals surface area contributed by atoms with E-state index in [4.69, 9.17) is 4.42 Å². The zero-order chi connectivity index (χ0) is 38.4. The van der Waals surface area contributed by atoms with E-state index < -0.39 is 68.7 Å². The summed E-state index contributed by atoms with van der Waals surface area (Å²) in [6.07, 6.45) is 0. The molecule has 10 N–H and O–H groups in total. The minimum absolute atomic E-state index is 0.164. The molecule has 0 radical (unpaired) electrons. The van der Waals surface area contributed by atoms with Crippen LogP contribution in [-0.2, 0) is 0 Å². The van der Waals surface area contributed by atoms with Crippen LogP contribution in [0.25, 0.3) is 88.0 Å². The highest BCUT2D eigenvalue weighted by atomic mass is 16.4. The number of fused-ring (bicyclic) bond motifs is 5. The third-order valence-electron chi connectivity index (χ3n) is 10.2. The molecule has 8 aromatic carbocycles. The van der Waals surface area contributed by atoms with Crippen molar-refractivity contribution in [1.29, 1.82) is 0 Å². The van der Waals surface area contributed by atoms with Gasteiger partial charge in [-0.05, 0) is 32.7 Å². The molecular weight excluding hydrogens is 704 g/mol. The van der Waals surface area contributed by atoms with E-state index in [2.05, 4.69) is 0 Å². The number of rotatable bonds is 4. The molecule has 0 saturated carbocycles. The summed E-state index contributed by atoms with van der Waals surface area (Å²) in [5.74, 6) is -7.24. The van der Waals surface area contributed by atoms with Crippen LogP contribution in [0.2, 0.25) is 0 Å². The molecule has 270 valence electrons. The van der Waals surface area contributed by atoms with E-state index in [1.165, 1.54) is 0 Å². The van der Waals surface area contributed by atoms with E-state index in [-0.39, 0.29) is 44.2 Å². The standard InChI is InChI=1S/C44H28O11/c45-33-25(19-11-3-1-4-12-19)36(48)42(54)44-31(33)32-40(52)39(51)30(41(53)43(32)55-44)28-23-17-9-7-15-21(23)27(22-16-8-10-18-24(22)28)29-37(49)34(46)26(35(47)38(29)50)20-13-5-2-6-14-20/h1-18,45-54H. The van der Waals surface area contributed by atoms with Gasteiger partial charge in [0.05, 0.1) is 33.0 Å². The SMILES string of the molecule is Oc1c(O)c(-c2c3ccccc3c(-c3c(O)c(O)c4c(oc5c(O)c(O)c(-c6ccccc6)c(O)c54)c3O)c3ccccc23)c(O)c(O)c1-c1ccccc1. The number of hydrogen-bond acceptors (Lipinski definition) is 11. The van der Waals surface area contributed by atoms with Gasteiger partial charge in [0.15, 0.2) is 57.2 Å². The van der Waals surface area contributed by atoms with Crippen LogP contribution in [0.3, 0.4) is 0 Å². The normalized spacial score (nSPS) is 11.6. The van der Waals surface area contributed by atoms with Crippen molar-refractivity contribution in [2.24, 2.45) is 0 Å². The first-order valence-corrected chi connectivity index (χ1v) is 16.9. The Hall–Kier alpha value is -7.92. The molecular formula is C44H28O11. The van der Waals surface area contributed by atoms with E-state index in [1.54, 1.807) is 109 Å². The van der Waals surface area contributed by atoms with Crippen LogP contribution in [0.1, 0.15) is 0 Å². The summed E-state index contributed by atoms with van der Waals surface area (Å²) in [7, 11) is 0. The lowest BCUT2D eigenvalue weighted by Crippen LogP contribution is -1.94. The van der Waals surface area contributed by atoms with Crippen molar-refractivity contribution in [2.75, 3.05) is 0 Å². The maximum atomic E-state index is 12.0. The first-order chi connectivity index (χ1) is 26.5. The maximum Gasteiger partial charge on any atom is 0.202 e. The molecule has 11 heteroatoms. The molecule has 1 aromatic heterocycles. The Balaban J connectivity index is 1.38. The van der Waals surface area contributed by atoms with Crippen molar-refractivity contribution in [2.45, 2.75) is 0 Å². The summed E-state index contributed by atoms with van der Waals surface area (Å²) < 4.78 is 5.87. The summed E-state index contributed by atoms with van der Waals surface area (Å²) in [5.41, 5.74) is -0.876. The predicted octanol–water partition coefficient (Wildman–Crippen LogP) is 9.62. The zero-order valence-electron chi connectivity index (χ0n) is 28.3. The second-order valence-electron chi connectivity index (χ2n) is 13.1. The Labute approximate surface area is 309 Å². The van der Waals surface area contributed by atoms with Crippen molar-refractivity contribution < 1.29 is 55.5 Å². The first kappa shape index (κ1) is 33.0. The Morgan fingerprint density at radius 1 is 0.255 bits per heavy atom. The topological polar surface area (TPSA) is 215 Å². The number of phenolic OH excluding ortho intramolecular Hbond substituents is 10. The average Bonchev–Trinajstić information content (AvgIpc) is 3.62. The fraction of sp³-hybridized carbons (Fsp3) is 0. The molecule has 0 unspecified atom stereocenters. The molecule has 0 saturated heterocycles. The number of phenols is 10. The summed E-state index contributed by atoms with van der Waals surface area (Å²) in [6, 6.07) is 29.6. The highest BCUT2D eigenvalue weighted by molar-refractivity contribution is 6.26. The molecule has 9 aromatic rings. The summed E-state index contributed by atoms with van der Waals surface area (Å²) >= 11 is 0. The largest absolute Gasteiger partial charge is 0.506 e. The van der Waals surface area contributed by atoms with Gasteiger partial charge >= 0.3 is 0 Å². The lowest BCUT2D eigenvalue weighted by Gasteiger charge is -2.21. The molecule has 1 heterocycles. The number of aromatic hydroxyl groups is 10. The van der Waals surface area contributed by atoms with Gasteiger partial charge in [-0.15, -0.1) is 0 Å². The monoisotopic (exact) mass is 732 g/mol. The summed E-state index contributed by atoms with van der Waals surface area (Å²) in [6.45, 7) is 0. The quantitative estimate of drug-likeness (QED) is 0.0467. The number of benzene rings is 8. The molecule has 0 aliphatic carbocycles. The Kier molecular flexibility index (Phi) is 7.07. The molecule has 0 spiro atoms. The Morgan fingerprint density at radius 3 is 1.02 bits per heavy atom. The van der Waals surface area contributed by atoms with Crippen LogP contribution in [0.5, 0.6) is 57.5 Å². The Bertz CT molecular complexity index is 2990. The zero-order valence-corrected chi connectivity index (χ0v) is 28.3. The fourth-order valence-corrected chi connectivity index (χ4v) is 7.74. The molecule has 0 atom stereocenters. The molecule has 55 heavy (non-hydrogen) atoms. The first-order valence-electron chi connectivity index (χ1n) is 16.9. The molecule has 0 aliphatic rings. The fourth-order valence-electron chi connectivity index (χ4n) is 7.74. The second-order valence-corrected chi connectivity index (χ2v) is 13.1. The van der Waals surface area contributed by atoms with Crippen molar-refractivity contribution >= 4 is 43.5 Å². The lowest BCUT2D eigenvalue weighted by molar-refractivity contribution is 0.378. The van der Waals surface area contributed by atoms with Gasteiger partial charge in [0, 0.05) is 11.1 Å². The summed E-state index contributed by atoms with van der Waals surface area (Å²) in [4.78, 5) is 0. The maximum absolute atomic E-state index is 12.0. The van der Waals surface area contributed by atoms with Crippen LogP contribution >= 0.6 is 0 Å². The minimum Gasteiger partial charge on any atom is -0.506 e. The smallest absolute Gasteiger partial charge is 0.202 e. The molecule has 0 bridgehead atoms. The van der Waals surface area contributed by atoms with Gasteiger partial charge in [0.25, 0.3) is 0 Å². The van der Waals surface area contributed by atoms with E-state index in [9.17, 15) is 51.1 Å². The number of hydrogen-bond donors (Lipinski definition) is 10.